The molecule has 0 spiro atoms. The second kappa shape index (κ2) is 6.85. The fourth-order valence-corrected chi connectivity index (χ4v) is 2.48. The Morgan fingerprint density at radius 2 is 1.95 bits per heavy atom. The fraction of sp³-hybridized carbons (Fsp3) is 0.125. The summed E-state index contributed by atoms with van der Waals surface area (Å²) in [5.41, 5.74) is 2.50. The zero-order valence-electron chi connectivity index (χ0n) is 11.5. The summed E-state index contributed by atoms with van der Waals surface area (Å²) in [7, 11) is 1.76. The van der Waals surface area contributed by atoms with Gasteiger partial charge in [0, 0.05) is 25.0 Å². The Morgan fingerprint density at radius 3 is 2.52 bits per heavy atom. The van der Waals surface area contributed by atoms with E-state index in [-0.39, 0.29) is 5.91 Å². The summed E-state index contributed by atoms with van der Waals surface area (Å²) in [6.45, 7) is 0.512. The molecule has 0 unspecified atom stereocenters. The number of aliphatic carboxylic acids is 1. The lowest BCUT2D eigenvalue weighted by atomic mass is 10.1. The Hall–Kier alpha value is -2.40. The number of benzene rings is 1. The molecule has 108 valence electrons. The molecule has 0 bridgehead atoms. The van der Waals surface area contributed by atoms with Gasteiger partial charge < -0.3 is 10.0 Å². The molecule has 4 nitrogen and oxygen atoms in total. The van der Waals surface area contributed by atoms with E-state index in [0.717, 1.165) is 17.2 Å². The van der Waals surface area contributed by atoms with Crippen LogP contribution in [0.1, 0.15) is 21.5 Å². The standard InChI is InChI=1S/C16H15NO3S/c1-17(16(20)14-8-9-21-11-14)10-13-4-2-12(3-5-13)6-7-15(18)19/h2-9,11H,10H2,1H3,(H,18,19). The zero-order chi connectivity index (χ0) is 15.2. The van der Waals surface area contributed by atoms with Crippen molar-refractivity contribution in [2.45, 2.75) is 6.54 Å². The van der Waals surface area contributed by atoms with Crippen LogP contribution < -0.4 is 0 Å². The van der Waals surface area contributed by atoms with Crippen molar-refractivity contribution in [1.82, 2.24) is 4.90 Å². The van der Waals surface area contributed by atoms with Gasteiger partial charge in [-0.15, -0.1) is 0 Å². The molecule has 1 N–H and O–H groups in total. The number of carbonyl (C=O) groups excluding carboxylic acids is 1. The monoisotopic (exact) mass is 301 g/mol. The molecule has 1 aromatic heterocycles. The van der Waals surface area contributed by atoms with Crippen LogP contribution in [-0.4, -0.2) is 28.9 Å². The van der Waals surface area contributed by atoms with Crippen molar-refractivity contribution >= 4 is 29.3 Å². The maximum absolute atomic E-state index is 12.1. The van der Waals surface area contributed by atoms with Crippen LogP contribution in [0, 0.1) is 0 Å². The average Bonchev–Trinajstić information content (AvgIpc) is 2.99. The molecule has 5 heteroatoms. The molecule has 0 radical (unpaired) electrons. The van der Waals surface area contributed by atoms with Gasteiger partial charge in [0.1, 0.15) is 0 Å². The normalized spacial score (nSPS) is 10.7. The second-order valence-electron chi connectivity index (χ2n) is 4.59. The van der Waals surface area contributed by atoms with E-state index in [1.807, 2.05) is 41.1 Å². The molecule has 0 aliphatic rings. The number of carbonyl (C=O) groups is 2. The van der Waals surface area contributed by atoms with Gasteiger partial charge in [-0.25, -0.2) is 4.79 Å². The van der Waals surface area contributed by atoms with E-state index in [4.69, 9.17) is 5.11 Å². The van der Waals surface area contributed by atoms with Gasteiger partial charge in [-0.05, 0) is 28.6 Å². The first-order chi connectivity index (χ1) is 10.1. The van der Waals surface area contributed by atoms with Gasteiger partial charge in [-0.2, -0.15) is 11.3 Å². The van der Waals surface area contributed by atoms with Crippen LogP contribution in [0.5, 0.6) is 0 Å². The number of carboxylic acid groups (broad SMARTS) is 1. The lowest BCUT2D eigenvalue weighted by Crippen LogP contribution is -2.25. The highest BCUT2D eigenvalue weighted by Crippen LogP contribution is 2.12. The van der Waals surface area contributed by atoms with Gasteiger partial charge in [0.15, 0.2) is 0 Å². The number of carboxylic acids is 1. The summed E-state index contributed by atoms with van der Waals surface area (Å²) < 4.78 is 0. The minimum atomic E-state index is -0.972. The van der Waals surface area contributed by atoms with Gasteiger partial charge in [-0.3, -0.25) is 4.79 Å². The van der Waals surface area contributed by atoms with Gasteiger partial charge in [0.25, 0.3) is 5.91 Å². The molecule has 1 aromatic carbocycles. The molecule has 2 aromatic rings. The van der Waals surface area contributed by atoms with Crippen molar-refractivity contribution < 1.29 is 14.7 Å². The summed E-state index contributed by atoms with van der Waals surface area (Å²) in [4.78, 5) is 24.2. The van der Waals surface area contributed by atoms with Crippen molar-refractivity contribution in [2.24, 2.45) is 0 Å². The van der Waals surface area contributed by atoms with Crippen molar-refractivity contribution in [3.63, 3.8) is 0 Å². The maximum atomic E-state index is 12.1. The molecule has 0 aliphatic carbocycles. The van der Waals surface area contributed by atoms with E-state index in [1.54, 1.807) is 11.9 Å². The third-order valence-electron chi connectivity index (χ3n) is 2.93. The van der Waals surface area contributed by atoms with E-state index >= 15 is 0 Å². The minimum absolute atomic E-state index is 0.00824. The summed E-state index contributed by atoms with van der Waals surface area (Å²) in [6, 6.07) is 9.25. The first kappa shape index (κ1) is 15.0. The summed E-state index contributed by atoms with van der Waals surface area (Å²) in [5.74, 6) is -0.980. The molecule has 2 rings (SSSR count). The number of hydrogen-bond acceptors (Lipinski definition) is 3. The Morgan fingerprint density at radius 1 is 1.24 bits per heavy atom. The van der Waals surface area contributed by atoms with Gasteiger partial charge in [-0.1, -0.05) is 24.3 Å². The number of thiophene rings is 1. The first-order valence-corrected chi connectivity index (χ1v) is 7.28. The topological polar surface area (TPSA) is 57.6 Å². The Bertz CT molecular complexity index is 645. The third-order valence-corrected chi connectivity index (χ3v) is 3.62. The van der Waals surface area contributed by atoms with Crippen molar-refractivity contribution in [1.29, 1.82) is 0 Å². The van der Waals surface area contributed by atoms with Crippen LogP contribution in [0.15, 0.2) is 47.2 Å². The predicted octanol–water partition coefficient (Wildman–Crippen LogP) is 3.12. The molecular weight excluding hydrogens is 286 g/mol. The molecule has 1 amide bonds. The molecule has 0 saturated heterocycles. The van der Waals surface area contributed by atoms with Gasteiger partial charge in [0.2, 0.25) is 0 Å². The third kappa shape index (κ3) is 4.29. The largest absolute Gasteiger partial charge is 0.478 e. The number of rotatable bonds is 5. The van der Waals surface area contributed by atoms with E-state index < -0.39 is 5.97 Å². The maximum Gasteiger partial charge on any atom is 0.328 e. The van der Waals surface area contributed by atoms with E-state index in [9.17, 15) is 9.59 Å². The number of amides is 1. The fourth-order valence-electron chi connectivity index (χ4n) is 1.85. The van der Waals surface area contributed by atoms with Crippen LogP contribution in [0.4, 0.5) is 0 Å². The Balaban J connectivity index is 2.00. The van der Waals surface area contributed by atoms with Gasteiger partial charge in [0.05, 0.1) is 5.56 Å². The van der Waals surface area contributed by atoms with Crippen LogP contribution in [0.3, 0.4) is 0 Å². The van der Waals surface area contributed by atoms with E-state index in [0.29, 0.717) is 12.1 Å². The molecule has 1 heterocycles. The van der Waals surface area contributed by atoms with Crippen LogP contribution >= 0.6 is 11.3 Å². The Labute approximate surface area is 127 Å². The molecule has 21 heavy (non-hydrogen) atoms. The smallest absolute Gasteiger partial charge is 0.328 e. The first-order valence-electron chi connectivity index (χ1n) is 6.34. The van der Waals surface area contributed by atoms with Crippen LogP contribution in [-0.2, 0) is 11.3 Å². The summed E-state index contributed by atoms with van der Waals surface area (Å²) in [6.07, 6.45) is 2.63. The highest BCUT2D eigenvalue weighted by molar-refractivity contribution is 7.08. The van der Waals surface area contributed by atoms with Crippen molar-refractivity contribution in [2.75, 3.05) is 7.05 Å². The van der Waals surface area contributed by atoms with E-state index in [2.05, 4.69) is 0 Å². The average molecular weight is 301 g/mol. The van der Waals surface area contributed by atoms with Crippen LogP contribution in [0.2, 0.25) is 0 Å². The molecule has 0 saturated carbocycles. The molecule has 0 fully saturated rings. The highest BCUT2D eigenvalue weighted by atomic mass is 32.1. The van der Waals surface area contributed by atoms with Gasteiger partial charge >= 0.3 is 5.97 Å². The second-order valence-corrected chi connectivity index (χ2v) is 5.37. The minimum Gasteiger partial charge on any atom is -0.478 e. The van der Waals surface area contributed by atoms with E-state index in [1.165, 1.54) is 17.4 Å². The molecule has 0 atom stereocenters. The summed E-state index contributed by atoms with van der Waals surface area (Å²) >= 11 is 1.50. The predicted molar refractivity (Wildman–Crippen MR) is 83.2 cm³/mol. The SMILES string of the molecule is CN(Cc1ccc(C=CC(=O)O)cc1)C(=O)c1ccsc1. The van der Waals surface area contributed by atoms with Crippen molar-refractivity contribution in [3.8, 4) is 0 Å². The van der Waals surface area contributed by atoms with Crippen LogP contribution in [0.25, 0.3) is 6.08 Å². The number of hydrogen-bond donors (Lipinski definition) is 1. The highest BCUT2D eigenvalue weighted by Gasteiger charge is 2.11. The molecular formula is C16H15NO3S. The quantitative estimate of drug-likeness (QED) is 0.863. The zero-order valence-corrected chi connectivity index (χ0v) is 12.3. The Kier molecular flexibility index (Phi) is 4.90. The lowest BCUT2D eigenvalue weighted by Gasteiger charge is -2.16. The molecule has 0 aliphatic heterocycles. The summed E-state index contributed by atoms with van der Waals surface area (Å²) in [5, 5.41) is 12.3. The van der Waals surface area contributed by atoms with Crippen molar-refractivity contribution in [3.05, 3.63) is 63.9 Å². The number of nitrogens with zero attached hydrogens (tertiary/aromatic N) is 1. The lowest BCUT2D eigenvalue weighted by molar-refractivity contribution is -0.131.